The standard InChI is InChI=1S/C13H17NO5S/c1-10(15)14-12(13(16)17)9-20(18,19)8-7-11-5-3-2-4-6-11/h2-6,12H,7-9H2,1H3,(H,14,15)(H,16,17). The van der Waals surface area contributed by atoms with Gasteiger partial charge in [-0.15, -0.1) is 0 Å². The largest absolute Gasteiger partial charge is 0.480 e. The lowest BCUT2D eigenvalue weighted by molar-refractivity contribution is -0.140. The highest BCUT2D eigenvalue weighted by molar-refractivity contribution is 7.91. The van der Waals surface area contributed by atoms with Gasteiger partial charge in [-0.05, 0) is 12.0 Å². The molecule has 0 spiro atoms. The zero-order chi connectivity index (χ0) is 15.2. The van der Waals surface area contributed by atoms with Crippen LogP contribution in [0, 0.1) is 0 Å². The van der Waals surface area contributed by atoms with Crippen LogP contribution in [0.15, 0.2) is 30.3 Å². The average Bonchev–Trinajstić information content (AvgIpc) is 2.36. The molecular formula is C13H17NO5S. The molecule has 1 atom stereocenters. The third-order valence-electron chi connectivity index (χ3n) is 2.64. The van der Waals surface area contributed by atoms with Gasteiger partial charge in [0.05, 0.1) is 11.5 Å². The van der Waals surface area contributed by atoms with Crippen molar-refractivity contribution in [1.82, 2.24) is 5.32 Å². The van der Waals surface area contributed by atoms with E-state index < -0.39 is 33.5 Å². The number of carbonyl (C=O) groups excluding carboxylic acids is 1. The zero-order valence-corrected chi connectivity index (χ0v) is 11.9. The number of benzene rings is 1. The molecule has 0 heterocycles. The van der Waals surface area contributed by atoms with Gasteiger partial charge in [0.15, 0.2) is 9.84 Å². The van der Waals surface area contributed by atoms with E-state index in [1.54, 1.807) is 24.3 Å². The fraction of sp³-hybridized carbons (Fsp3) is 0.385. The monoisotopic (exact) mass is 299 g/mol. The third kappa shape index (κ3) is 5.83. The Hall–Kier alpha value is -1.89. The van der Waals surface area contributed by atoms with Gasteiger partial charge in [0.1, 0.15) is 6.04 Å². The molecule has 20 heavy (non-hydrogen) atoms. The molecule has 0 radical (unpaired) electrons. The highest BCUT2D eigenvalue weighted by Crippen LogP contribution is 2.04. The van der Waals surface area contributed by atoms with Crippen molar-refractivity contribution in [3.8, 4) is 0 Å². The van der Waals surface area contributed by atoms with Crippen molar-refractivity contribution in [2.45, 2.75) is 19.4 Å². The third-order valence-corrected chi connectivity index (χ3v) is 4.31. The van der Waals surface area contributed by atoms with Crippen LogP contribution in [0.1, 0.15) is 12.5 Å². The van der Waals surface area contributed by atoms with Crippen molar-refractivity contribution in [3.63, 3.8) is 0 Å². The summed E-state index contributed by atoms with van der Waals surface area (Å²) >= 11 is 0. The van der Waals surface area contributed by atoms with E-state index in [0.717, 1.165) is 12.5 Å². The topological polar surface area (TPSA) is 101 Å². The summed E-state index contributed by atoms with van der Waals surface area (Å²) in [6.07, 6.45) is 0.315. The Balaban J connectivity index is 2.63. The van der Waals surface area contributed by atoms with Crippen LogP contribution in [0.5, 0.6) is 0 Å². The van der Waals surface area contributed by atoms with E-state index in [-0.39, 0.29) is 5.75 Å². The predicted octanol–water partition coefficient (Wildman–Crippen LogP) is 0.233. The second-order valence-corrected chi connectivity index (χ2v) is 6.67. The van der Waals surface area contributed by atoms with E-state index in [1.165, 1.54) is 0 Å². The van der Waals surface area contributed by atoms with E-state index in [2.05, 4.69) is 5.32 Å². The van der Waals surface area contributed by atoms with E-state index >= 15 is 0 Å². The van der Waals surface area contributed by atoms with E-state index in [1.807, 2.05) is 6.07 Å². The summed E-state index contributed by atoms with van der Waals surface area (Å²) in [5.74, 6) is -2.69. The van der Waals surface area contributed by atoms with Crippen molar-refractivity contribution in [2.24, 2.45) is 0 Å². The van der Waals surface area contributed by atoms with E-state index in [4.69, 9.17) is 5.11 Å². The van der Waals surface area contributed by atoms with Gasteiger partial charge in [0, 0.05) is 6.92 Å². The van der Waals surface area contributed by atoms with Crippen molar-refractivity contribution in [1.29, 1.82) is 0 Å². The first kappa shape index (κ1) is 16.2. The quantitative estimate of drug-likeness (QED) is 0.751. The van der Waals surface area contributed by atoms with Crippen LogP contribution in [0.25, 0.3) is 0 Å². The summed E-state index contributed by atoms with van der Waals surface area (Å²) in [4.78, 5) is 21.8. The summed E-state index contributed by atoms with van der Waals surface area (Å²) in [6, 6.07) is 7.64. The van der Waals surface area contributed by atoms with Crippen LogP contribution in [0.3, 0.4) is 0 Å². The molecule has 0 aliphatic heterocycles. The molecule has 1 rings (SSSR count). The molecule has 1 aromatic rings. The molecule has 0 aromatic heterocycles. The summed E-state index contributed by atoms with van der Waals surface area (Å²) in [5.41, 5.74) is 0.863. The number of rotatable bonds is 7. The second kappa shape index (κ2) is 7.04. The minimum absolute atomic E-state index is 0.152. The molecule has 1 aromatic carbocycles. The Morgan fingerprint density at radius 1 is 1.25 bits per heavy atom. The molecule has 0 saturated heterocycles. The first-order valence-corrected chi connectivity index (χ1v) is 7.86. The summed E-state index contributed by atoms with van der Waals surface area (Å²) in [7, 11) is -3.57. The number of carboxylic acids is 1. The number of nitrogens with one attached hydrogen (secondary N) is 1. The summed E-state index contributed by atoms with van der Waals surface area (Å²) in [6.45, 7) is 1.15. The van der Waals surface area contributed by atoms with Gasteiger partial charge in [0.25, 0.3) is 0 Å². The number of sulfone groups is 1. The molecule has 1 amide bonds. The van der Waals surface area contributed by atoms with Crippen LogP contribution < -0.4 is 5.32 Å². The smallest absolute Gasteiger partial charge is 0.327 e. The lowest BCUT2D eigenvalue weighted by atomic mass is 10.2. The lowest BCUT2D eigenvalue weighted by Gasteiger charge is -2.13. The maximum Gasteiger partial charge on any atom is 0.327 e. The van der Waals surface area contributed by atoms with Gasteiger partial charge in [-0.3, -0.25) is 4.79 Å². The number of amides is 1. The lowest BCUT2D eigenvalue weighted by Crippen LogP contribution is -2.45. The fourth-order valence-corrected chi connectivity index (χ4v) is 3.12. The van der Waals surface area contributed by atoms with Gasteiger partial charge in [-0.1, -0.05) is 30.3 Å². The van der Waals surface area contributed by atoms with E-state index in [9.17, 15) is 18.0 Å². The normalized spacial score (nSPS) is 12.7. The van der Waals surface area contributed by atoms with Crippen molar-refractivity contribution in [3.05, 3.63) is 35.9 Å². The molecule has 0 aliphatic carbocycles. The molecule has 0 aliphatic rings. The van der Waals surface area contributed by atoms with Gasteiger partial charge >= 0.3 is 5.97 Å². The average molecular weight is 299 g/mol. The van der Waals surface area contributed by atoms with Crippen LogP contribution in [0.2, 0.25) is 0 Å². The van der Waals surface area contributed by atoms with E-state index in [0.29, 0.717) is 6.42 Å². The van der Waals surface area contributed by atoms with Gasteiger partial charge in [-0.2, -0.15) is 0 Å². The summed E-state index contributed by atoms with van der Waals surface area (Å²) < 4.78 is 23.8. The first-order valence-electron chi connectivity index (χ1n) is 6.04. The Bertz CT molecular complexity index is 568. The highest BCUT2D eigenvalue weighted by atomic mass is 32.2. The van der Waals surface area contributed by atoms with Crippen LogP contribution >= 0.6 is 0 Å². The Labute approximate surface area is 117 Å². The molecule has 110 valence electrons. The maximum atomic E-state index is 11.9. The molecular weight excluding hydrogens is 282 g/mol. The van der Waals surface area contributed by atoms with Gasteiger partial charge in [-0.25, -0.2) is 13.2 Å². The Morgan fingerprint density at radius 3 is 2.35 bits per heavy atom. The molecule has 1 unspecified atom stereocenters. The zero-order valence-electron chi connectivity index (χ0n) is 11.1. The van der Waals surface area contributed by atoms with Crippen molar-refractivity contribution in [2.75, 3.05) is 11.5 Å². The molecule has 2 N–H and O–H groups in total. The molecule has 0 bridgehead atoms. The van der Waals surface area contributed by atoms with Crippen LogP contribution in [-0.2, 0) is 25.8 Å². The number of aryl methyl sites for hydroxylation is 1. The Kier molecular flexibility index (Phi) is 5.69. The molecule has 7 heteroatoms. The van der Waals surface area contributed by atoms with Crippen molar-refractivity contribution >= 4 is 21.7 Å². The van der Waals surface area contributed by atoms with Gasteiger partial charge < -0.3 is 10.4 Å². The van der Waals surface area contributed by atoms with Crippen molar-refractivity contribution < 1.29 is 23.1 Å². The van der Waals surface area contributed by atoms with Gasteiger partial charge in [0.2, 0.25) is 5.91 Å². The minimum Gasteiger partial charge on any atom is -0.480 e. The fourth-order valence-electron chi connectivity index (χ4n) is 1.68. The van der Waals surface area contributed by atoms with Crippen LogP contribution in [-0.4, -0.2) is 42.9 Å². The SMILES string of the molecule is CC(=O)NC(CS(=O)(=O)CCc1ccccc1)C(=O)O. The maximum absolute atomic E-state index is 11.9. The summed E-state index contributed by atoms with van der Waals surface area (Å²) in [5, 5.41) is 11.0. The number of carboxylic acid groups (broad SMARTS) is 1. The molecule has 6 nitrogen and oxygen atoms in total. The number of aliphatic carboxylic acids is 1. The minimum atomic E-state index is -3.57. The molecule has 0 fully saturated rings. The highest BCUT2D eigenvalue weighted by Gasteiger charge is 2.25. The number of carbonyl (C=O) groups is 2. The number of hydrogen-bond donors (Lipinski definition) is 2. The Morgan fingerprint density at radius 2 is 1.85 bits per heavy atom. The number of hydrogen-bond acceptors (Lipinski definition) is 4. The molecule has 0 saturated carbocycles. The van der Waals surface area contributed by atoms with Crippen LogP contribution in [0.4, 0.5) is 0 Å². The second-order valence-electron chi connectivity index (χ2n) is 4.44. The first-order chi connectivity index (χ1) is 9.30. The predicted molar refractivity (Wildman–Crippen MR) is 74.0 cm³/mol.